The molecule has 20 heavy (non-hydrogen) atoms. The number of pyridine rings is 1. The third kappa shape index (κ3) is 2.77. The Hall–Kier alpha value is -1.62. The summed E-state index contributed by atoms with van der Waals surface area (Å²) in [5.74, 6) is 0. The Balaban J connectivity index is 2.53. The predicted molar refractivity (Wildman–Crippen MR) is 85.7 cm³/mol. The standard InChI is InChI=1S/C15H21N3OS/c1-6-18-11(5)7-10(4)13(14(18)19)12-8-20-15(17-12)16-9(2)3/h7-9H,6H2,1-5H3,(H,16,17). The van der Waals surface area contributed by atoms with E-state index in [1.807, 2.05) is 26.2 Å². The molecular formula is C15H21N3OS. The van der Waals surface area contributed by atoms with Crippen LogP contribution in [0.15, 0.2) is 16.2 Å². The Kier molecular flexibility index (Phi) is 4.28. The Morgan fingerprint density at radius 2 is 2.10 bits per heavy atom. The molecule has 108 valence electrons. The molecule has 0 spiro atoms. The number of anilines is 1. The average Bonchev–Trinajstić information content (AvgIpc) is 2.76. The van der Waals surface area contributed by atoms with Gasteiger partial charge in [-0.25, -0.2) is 4.98 Å². The number of nitrogens with one attached hydrogen (secondary N) is 1. The van der Waals surface area contributed by atoms with Crippen LogP contribution in [0.4, 0.5) is 5.13 Å². The fraction of sp³-hybridized carbons (Fsp3) is 0.467. The summed E-state index contributed by atoms with van der Waals surface area (Å²) in [5, 5.41) is 6.08. The van der Waals surface area contributed by atoms with Gasteiger partial charge in [0.05, 0.1) is 11.3 Å². The zero-order valence-electron chi connectivity index (χ0n) is 12.7. The molecule has 0 saturated carbocycles. The van der Waals surface area contributed by atoms with E-state index in [0.29, 0.717) is 18.2 Å². The van der Waals surface area contributed by atoms with Gasteiger partial charge in [-0.05, 0) is 46.2 Å². The molecule has 2 aromatic heterocycles. The average molecular weight is 291 g/mol. The smallest absolute Gasteiger partial charge is 0.260 e. The first kappa shape index (κ1) is 14.8. The number of nitrogens with zero attached hydrogens (tertiary/aromatic N) is 2. The van der Waals surface area contributed by atoms with E-state index in [1.54, 1.807) is 4.57 Å². The van der Waals surface area contributed by atoms with E-state index in [1.165, 1.54) is 11.3 Å². The summed E-state index contributed by atoms with van der Waals surface area (Å²) in [6.07, 6.45) is 0. The van der Waals surface area contributed by atoms with E-state index in [-0.39, 0.29) is 5.56 Å². The van der Waals surface area contributed by atoms with Gasteiger partial charge in [-0.15, -0.1) is 11.3 Å². The molecule has 0 aliphatic carbocycles. The summed E-state index contributed by atoms with van der Waals surface area (Å²) >= 11 is 1.54. The summed E-state index contributed by atoms with van der Waals surface area (Å²) in [4.78, 5) is 17.1. The first-order chi connectivity index (χ1) is 9.43. The molecule has 5 heteroatoms. The number of aromatic nitrogens is 2. The highest BCUT2D eigenvalue weighted by Gasteiger charge is 2.14. The monoisotopic (exact) mass is 291 g/mol. The van der Waals surface area contributed by atoms with Crippen LogP contribution in [0.2, 0.25) is 0 Å². The van der Waals surface area contributed by atoms with Crippen LogP contribution in [0.25, 0.3) is 11.3 Å². The Labute approximate surface area is 123 Å². The maximum absolute atomic E-state index is 12.6. The number of thiazole rings is 1. The van der Waals surface area contributed by atoms with Gasteiger partial charge in [-0.1, -0.05) is 0 Å². The van der Waals surface area contributed by atoms with E-state index in [0.717, 1.165) is 22.1 Å². The predicted octanol–water partition coefficient (Wildman–Crippen LogP) is 3.43. The van der Waals surface area contributed by atoms with E-state index in [2.05, 4.69) is 30.2 Å². The second kappa shape index (κ2) is 5.79. The zero-order chi connectivity index (χ0) is 14.9. The Morgan fingerprint density at radius 3 is 2.70 bits per heavy atom. The van der Waals surface area contributed by atoms with Gasteiger partial charge < -0.3 is 9.88 Å². The largest absolute Gasteiger partial charge is 0.359 e. The lowest BCUT2D eigenvalue weighted by Gasteiger charge is -2.11. The number of hydrogen-bond acceptors (Lipinski definition) is 4. The van der Waals surface area contributed by atoms with Gasteiger partial charge in [-0.3, -0.25) is 4.79 Å². The molecule has 0 aliphatic rings. The molecule has 1 N–H and O–H groups in total. The third-order valence-electron chi connectivity index (χ3n) is 3.19. The van der Waals surface area contributed by atoms with Crippen molar-refractivity contribution in [2.24, 2.45) is 0 Å². The molecule has 2 heterocycles. The first-order valence-corrected chi connectivity index (χ1v) is 7.75. The fourth-order valence-electron chi connectivity index (χ4n) is 2.33. The summed E-state index contributed by atoms with van der Waals surface area (Å²) in [7, 11) is 0. The van der Waals surface area contributed by atoms with Gasteiger partial charge in [0.2, 0.25) is 0 Å². The first-order valence-electron chi connectivity index (χ1n) is 6.87. The maximum atomic E-state index is 12.6. The lowest BCUT2D eigenvalue weighted by atomic mass is 10.1. The van der Waals surface area contributed by atoms with Crippen molar-refractivity contribution in [2.75, 3.05) is 5.32 Å². The van der Waals surface area contributed by atoms with E-state index in [4.69, 9.17) is 0 Å². The van der Waals surface area contributed by atoms with Gasteiger partial charge in [0.25, 0.3) is 5.56 Å². The molecule has 4 nitrogen and oxygen atoms in total. The second-order valence-electron chi connectivity index (χ2n) is 5.23. The number of aryl methyl sites for hydroxylation is 2. The Morgan fingerprint density at radius 1 is 1.40 bits per heavy atom. The van der Waals surface area contributed by atoms with Crippen LogP contribution in [0.1, 0.15) is 32.0 Å². The van der Waals surface area contributed by atoms with Crippen LogP contribution >= 0.6 is 11.3 Å². The number of hydrogen-bond donors (Lipinski definition) is 1. The minimum Gasteiger partial charge on any atom is -0.359 e. The maximum Gasteiger partial charge on any atom is 0.260 e. The van der Waals surface area contributed by atoms with Crippen molar-refractivity contribution in [3.8, 4) is 11.3 Å². The van der Waals surface area contributed by atoms with Crippen molar-refractivity contribution < 1.29 is 0 Å². The van der Waals surface area contributed by atoms with Crippen LogP contribution in [-0.2, 0) is 6.54 Å². The van der Waals surface area contributed by atoms with E-state index < -0.39 is 0 Å². The molecule has 2 aromatic rings. The van der Waals surface area contributed by atoms with Gasteiger partial charge in [0, 0.05) is 23.7 Å². The van der Waals surface area contributed by atoms with E-state index >= 15 is 0 Å². The molecule has 0 fully saturated rings. The van der Waals surface area contributed by atoms with E-state index in [9.17, 15) is 4.79 Å². The fourth-order valence-corrected chi connectivity index (χ4v) is 3.18. The molecule has 0 saturated heterocycles. The van der Waals surface area contributed by atoms with Crippen molar-refractivity contribution in [3.05, 3.63) is 33.1 Å². The molecule has 0 atom stereocenters. The molecule has 0 aromatic carbocycles. The summed E-state index contributed by atoms with van der Waals surface area (Å²) in [6, 6.07) is 2.38. The van der Waals surface area contributed by atoms with Crippen molar-refractivity contribution in [3.63, 3.8) is 0 Å². The molecule has 0 bridgehead atoms. The van der Waals surface area contributed by atoms with Crippen LogP contribution in [0.3, 0.4) is 0 Å². The third-order valence-corrected chi connectivity index (χ3v) is 3.97. The lowest BCUT2D eigenvalue weighted by molar-refractivity contribution is 0.700. The van der Waals surface area contributed by atoms with Crippen molar-refractivity contribution in [1.82, 2.24) is 9.55 Å². The minimum absolute atomic E-state index is 0.0476. The second-order valence-corrected chi connectivity index (χ2v) is 6.09. The Bertz CT molecular complexity index is 670. The topological polar surface area (TPSA) is 46.9 Å². The zero-order valence-corrected chi connectivity index (χ0v) is 13.5. The van der Waals surface area contributed by atoms with Gasteiger partial charge in [0.15, 0.2) is 5.13 Å². The van der Waals surface area contributed by atoms with Gasteiger partial charge in [-0.2, -0.15) is 0 Å². The van der Waals surface area contributed by atoms with Crippen LogP contribution < -0.4 is 10.9 Å². The van der Waals surface area contributed by atoms with Gasteiger partial charge >= 0.3 is 0 Å². The molecule has 0 amide bonds. The van der Waals surface area contributed by atoms with Crippen LogP contribution in [0.5, 0.6) is 0 Å². The normalized spacial score (nSPS) is 11.1. The molecule has 0 aliphatic heterocycles. The highest BCUT2D eigenvalue weighted by molar-refractivity contribution is 7.14. The summed E-state index contributed by atoms with van der Waals surface area (Å²) < 4.78 is 1.79. The molecule has 0 radical (unpaired) electrons. The quantitative estimate of drug-likeness (QED) is 0.938. The minimum atomic E-state index is 0.0476. The lowest BCUT2D eigenvalue weighted by Crippen LogP contribution is -2.24. The SMILES string of the molecule is CCn1c(C)cc(C)c(-c2csc(NC(C)C)n2)c1=O. The highest BCUT2D eigenvalue weighted by Crippen LogP contribution is 2.25. The van der Waals surface area contributed by atoms with Crippen molar-refractivity contribution >= 4 is 16.5 Å². The summed E-state index contributed by atoms with van der Waals surface area (Å²) in [5.41, 5.74) is 3.51. The van der Waals surface area contributed by atoms with Gasteiger partial charge in [0.1, 0.15) is 0 Å². The molecule has 2 rings (SSSR count). The van der Waals surface area contributed by atoms with Crippen LogP contribution in [0, 0.1) is 13.8 Å². The number of rotatable bonds is 4. The molecular weight excluding hydrogens is 270 g/mol. The van der Waals surface area contributed by atoms with Crippen molar-refractivity contribution in [2.45, 2.75) is 47.2 Å². The highest BCUT2D eigenvalue weighted by atomic mass is 32.1. The van der Waals surface area contributed by atoms with Crippen LogP contribution in [-0.4, -0.2) is 15.6 Å². The van der Waals surface area contributed by atoms with Crippen molar-refractivity contribution in [1.29, 1.82) is 0 Å². The molecule has 0 unspecified atom stereocenters. The summed E-state index contributed by atoms with van der Waals surface area (Å²) in [6.45, 7) is 10.7.